The lowest BCUT2D eigenvalue weighted by atomic mass is 10.3. The van der Waals surface area contributed by atoms with Crippen LogP contribution in [0.3, 0.4) is 0 Å². The van der Waals surface area contributed by atoms with Crippen LogP contribution in [0.5, 0.6) is 0 Å². The van der Waals surface area contributed by atoms with Crippen molar-refractivity contribution in [2.75, 3.05) is 13.1 Å². The zero-order valence-electron chi connectivity index (χ0n) is 11.2. The monoisotopic (exact) mass is 313 g/mol. The molecule has 0 saturated heterocycles. The van der Waals surface area contributed by atoms with E-state index in [-0.39, 0.29) is 12.5 Å². The fourth-order valence-electron chi connectivity index (χ4n) is 1.30. The fraction of sp³-hybridized carbons (Fsp3) is 0.333. The molecular weight excluding hydrogens is 298 g/mol. The Hall–Kier alpha value is -2.42. The number of carbonyl (C=O) groups excluding carboxylic acids is 3. The molecule has 0 saturated carbocycles. The van der Waals surface area contributed by atoms with Crippen molar-refractivity contribution in [2.24, 2.45) is 0 Å². The summed E-state index contributed by atoms with van der Waals surface area (Å²) in [6, 6.07) is 2.54. The van der Waals surface area contributed by atoms with Crippen LogP contribution >= 0.6 is 11.3 Å². The second kappa shape index (κ2) is 8.00. The van der Waals surface area contributed by atoms with E-state index in [0.717, 1.165) is 0 Å². The Labute approximate surface area is 124 Å². The van der Waals surface area contributed by atoms with Crippen LogP contribution in [0.15, 0.2) is 17.5 Å². The second-order valence-corrected chi connectivity index (χ2v) is 5.01. The third-order valence-corrected chi connectivity index (χ3v) is 3.21. The Morgan fingerprint density at radius 1 is 1.24 bits per heavy atom. The zero-order chi connectivity index (χ0) is 15.8. The topological polar surface area (TPSA) is 125 Å². The average Bonchev–Trinajstić information content (AvgIpc) is 2.96. The highest BCUT2D eigenvalue weighted by Gasteiger charge is 2.17. The van der Waals surface area contributed by atoms with Gasteiger partial charge in [-0.1, -0.05) is 6.07 Å². The van der Waals surface area contributed by atoms with Crippen LogP contribution in [0, 0.1) is 0 Å². The maximum Gasteiger partial charge on any atom is 0.322 e. The lowest BCUT2D eigenvalue weighted by molar-refractivity contribution is -0.137. The minimum Gasteiger partial charge on any atom is -0.480 e. The molecule has 21 heavy (non-hydrogen) atoms. The van der Waals surface area contributed by atoms with Crippen molar-refractivity contribution in [3.8, 4) is 0 Å². The van der Waals surface area contributed by atoms with E-state index in [2.05, 4.69) is 16.0 Å². The van der Waals surface area contributed by atoms with Crippen LogP contribution in [0.25, 0.3) is 0 Å². The van der Waals surface area contributed by atoms with Crippen LogP contribution in [0.1, 0.15) is 16.6 Å². The predicted molar refractivity (Wildman–Crippen MR) is 74.9 cm³/mol. The van der Waals surface area contributed by atoms with E-state index in [9.17, 15) is 19.2 Å². The van der Waals surface area contributed by atoms with Crippen LogP contribution in [-0.4, -0.2) is 47.9 Å². The number of carboxylic acids is 1. The van der Waals surface area contributed by atoms with E-state index >= 15 is 0 Å². The third kappa shape index (κ3) is 6.04. The first-order valence-electron chi connectivity index (χ1n) is 6.00. The van der Waals surface area contributed by atoms with Gasteiger partial charge >= 0.3 is 5.97 Å². The fourth-order valence-corrected chi connectivity index (χ4v) is 1.93. The first kappa shape index (κ1) is 16.6. The van der Waals surface area contributed by atoms with Gasteiger partial charge in [0.15, 0.2) is 0 Å². The Morgan fingerprint density at radius 3 is 2.52 bits per heavy atom. The molecule has 114 valence electrons. The summed E-state index contributed by atoms with van der Waals surface area (Å²) in [5.41, 5.74) is 0. The summed E-state index contributed by atoms with van der Waals surface area (Å²) in [7, 11) is 0. The van der Waals surface area contributed by atoms with Gasteiger partial charge in [-0.2, -0.15) is 0 Å². The van der Waals surface area contributed by atoms with Gasteiger partial charge in [0.2, 0.25) is 11.8 Å². The Bertz CT molecular complexity index is 529. The molecule has 0 spiro atoms. The van der Waals surface area contributed by atoms with Gasteiger partial charge in [-0.25, -0.2) is 0 Å². The molecule has 8 nitrogen and oxygen atoms in total. The molecule has 0 bridgehead atoms. The lowest BCUT2D eigenvalue weighted by Gasteiger charge is -2.13. The number of hydrogen-bond donors (Lipinski definition) is 4. The van der Waals surface area contributed by atoms with Gasteiger partial charge in [0.25, 0.3) is 5.91 Å². The van der Waals surface area contributed by atoms with Gasteiger partial charge in [0.05, 0.1) is 11.4 Å². The summed E-state index contributed by atoms with van der Waals surface area (Å²) in [5, 5.41) is 17.0. The average molecular weight is 313 g/mol. The molecular formula is C12H15N3O5S. The molecule has 9 heteroatoms. The van der Waals surface area contributed by atoms with Gasteiger partial charge in [-0.3, -0.25) is 19.2 Å². The number of thiophene rings is 1. The number of hydrogen-bond acceptors (Lipinski definition) is 5. The van der Waals surface area contributed by atoms with Crippen LogP contribution in [-0.2, 0) is 14.4 Å². The molecule has 4 N–H and O–H groups in total. The molecule has 0 aliphatic rings. The summed E-state index contributed by atoms with van der Waals surface area (Å²) in [6.45, 7) is 0.612. The molecule has 1 aromatic rings. The van der Waals surface area contributed by atoms with E-state index in [0.29, 0.717) is 4.88 Å². The number of carbonyl (C=O) groups is 4. The van der Waals surface area contributed by atoms with Gasteiger partial charge < -0.3 is 21.1 Å². The van der Waals surface area contributed by atoms with Crippen LogP contribution < -0.4 is 16.0 Å². The number of aliphatic carboxylic acids is 1. The molecule has 0 aliphatic carbocycles. The molecule has 0 radical (unpaired) electrons. The van der Waals surface area contributed by atoms with E-state index in [1.807, 2.05) is 0 Å². The molecule has 1 unspecified atom stereocenters. The number of carboxylic acid groups (broad SMARTS) is 1. The number of nitrogens with one attached hydrogen (secondary N) is 3. The highest BCUT2D eigenvalue weighted by molar-refractivity contribution is 7.12. The van der Waals surface area contributed by atoms with Crippen LogP contribution in [0.4, 0.5) is 0 Å². The summed E-state index contributed by atoms with van der Waals surface area (Å²) >= 11 is 1.25. The van der Waals surface area contributed by atoms with Crippen molar-refractivity contribution in [3.05, 3.63) is 22.4 Å². The summed E-state index contributed by atoms with van der Waals surface area (Å²) in [5.74, 6) is -2.71. The third-order valence-electron chi connectivity index (χ3n) is 2.35. The first-order valence-corrected chi connectivity index (χ1v) is 6.88. The zero-order valence-corrected chi connectivity index (χ0v) is 12.0. The molecule has 0 fully saturated rings. The van der Waals surface area contributed by atoms with Crippen molar-refractivity contribution in [2.45, 2.75) is 13.0 Å². The molecule has 3 amide bonds. The minimum atomic E-state index is -1.17. The van der Waals surface area contributed by atoms with E-state index in [1.54, 1.807) is 17.5 Å². The van der Waals surface area contributed by atoms with E-state index in [4.69, 9.17) is 5.11 Å². The second-order valence-electron chi connectivity index (χ2n) is 4.06. The number of rotatable bonds is 7. The van der Waals surface area contributed by atoms with Crippen molar-refractivity contribution < 1.29 is 24.3 Å². The Morgan fingerprint density at radius 2 is 1.95 bits per heavy atom. The molecule has 1 heterocycles. The van der Waals surface area contributed by atoms with Crippen molar-refractivity contribution >= 4 is 35.0 Å². The molecule has 0 aromatic carbocycles. The van der Waals surface area contributed by atoms with Gasteiger partial charge in [0, 0.05) is 0 Å². The lowest BCUT2D eigenvalue weighted by Crippen LogP contribution is -2.47. The Balaban J connectivity index is 2.32. The van der Waals surface area contributed by atoms with E-state index in [1.165, 1.54) is 18.3 Å². The highest BCUT2D eigenvalue weighted by Crippen LogP contribution is 2.07. The molecule has 1 rings (SSSR count). The molecule has 1 atom stereocenters. The standard InChI is InChI=1S/C12H15N3O5S/c1-7(15-12(20)8-3-2-4-21-8)11(19)14-5-9(16)13-6-10(17)18/h2-4,7H,5-6H2,1H3,(H,13,16)(H,14,19)(H,15,20)(H,17,18). The van der Waals surface area contributed by atoms with Gasteiger partial charge in [0.1, 0.15) is 12.6 Å². The number of amides is 3. The van der Waals surface area contributed by atoms with Crippen LogP contribution in [0.2, 0.25) is 0 Å². The van der Waals surface area contributed by atoms with Crippen molar-refractivity contribution in [1.82, 2.24) is 16.0 Å². The first-order chi connectivity index (χ1) is 9.90. The molecule has 0 aliphatic heterocycles. The maximum absolute atomic E-state index is 11.7. The van der Waals surface area contributed by atoms with Crippen molar-refractivity contribution in [3.63, 3.8) is 0 Å². The maximum atomic E-state index is 11.7. The largest absolute Gasteiger partial charge is 0.480 e. The summed E-state index contributed by atoms with van der Waals surface area (Å²) in [6.07, 6.45) is 0. The quantitative estimate of drug-likeness (QED) is 0.524. The van der Waals surface area contributed by atoms with Crippen molar-refractivity contribution in [1.29, 1.82) is 0 Å². The molecule has 1 aromatic heterocycles. The van der Waals surface area contributed by atoms with Gasteiger partial charge in [-0.05, 0) is 18.4 Å². The van der Waals surface area contributed by atoms with Gasteiger partial charge in [-0.15, -0.1) is 11.3 Å². The predicted octanol–water partition coefficient (Wildman–Crippen LogP) is -0.817. The highest BCUT2D eigenvalue weighted by atomic mass is 32.1. The Kier molecular flexibility index (Phi) is 6.34. The summed E-state index contributed by atoms with van der Waals surface area (Å²) in [4.78, 5) is 45.3. The smallest absolute Gasteiger partial charge is 0.322 e. The normalized spacial score (nSPS) is 11.3. The SMILES string of the molecule is CC(NC(=O)c1cccs1)C(=O)NCC(=O)NCC(=O)O. The minimum absolute atomic E-state index is 0.356. The van der Waals surface area contributed by atoms with E-state index < -0.39 is 30.4 Å². The summed E-state index contributed by atoms with van der Waals surface area (Å²) < 4.78 is 0.